The number of nitrogens with two attached hydrogens (primary N) is 1. The third kappa shape index (κ3) is 3.08. The normalized spacial score (nSPS) is 11.1. The van der Waals surface area contributed by atoms with Crippen molar-refractivity contribution in [1.29, 1.82) is 0 Å². The first-order valence-electron chi connectivity index (χ1n) is 5.47. The molecule has 2 N–H and O–H groups in total. The Labute approximate surface area is 112 Å². The number of ketones is 1. The Morgan fingerprint density at radius 3 is 2.72 bits per heavy atom. The van der Waals surface area contributed by atoms with Gasteiger partial charge in [-0.2, -0.15) is 0 Å². The molecular weight excluding hydrogens is 248 g/mol. The highest BCUT2D eigenvalue weighted by Crippen LogP contribution is 2.22. The van der Waals surface area contributed by atoms with Crippen LogP contribution in [0.4, 0.5) is 5.69 Å². The number of aryl methyl sites for hydroxylation is 1. The van der Waals surface area contributed by atoms with Crippen molar-refractivity contribution in [2.45, 2.75) is 13.3 Å². The van der Waals surface area contributed by atoms with Crippen LogP contribution in [0.1, 0.15) is 23.0 Å². The fraction of sp³-hybridized carbons (Fsp3) is 0.143. The molecule has 1 heterocycles. The molecule has 0 atom stereocenters. The van der Waals surface area contributed by atoms with Crippen LogP contribution in [0.15, 0.2) is 48.2 Å². The molecule has 0 radical (unpaired) electrons. The van der Waals surface area contributed by atoms with Crippen LogP contribution in [0, 0.1) is 0 Å². The van der Waals surface area contributed by atoms with E-state index in [1.165, 1.54) is 18.3 Å². The molecule has 0 spiro atoms. The van der Waals surface area contributed by atoms with Crippen molar-refractivity contribution in [1.82, 2.24) is 4.98 Å². The molecule has 0 aliphatic heterocycles. The van der Waals surface area contributed by atoms with Gasteiger partial charge >= 0.3 is 0 Å². The number of aromatic nitrogens is 1. The molecule has 0 aliphatic rings. The van der Waals surface area contributed by atoms with Crippen molar-refractivity contribution in [3.05, 3.63) is 59.4 Å². The van der Waals surface area contributed by atoms with E-state index in [-0.39, 0.29) is 16.4 Å². The van der Waals surface area contributed by atoms with Gasteiger partial charge in [0.2, 0.25) is 0 Å². The second-order valence-electron chi connectivity index (χ2n) is 3.67. The molecule has 0 saturated carbocycles. The first-order valence-corrected chi connectivity index (χ1v) is 5.85. The maximum Gasteiger partial charge on any atom is 0.198 e. The number of pyridine rings is 1. The van der Waals surface area contributed by atoms with E-state index in [1.54, 1.807) is 6.07 Å². The summed E-state index contributed by atoms with van der Waals surface area (Å²) in [7, 11) is 0. The van der Waals surface area contributed by atoms with Crippen LogP contribution < -0.4 is 5.73 Å². The second kappa shape index (κ2) is 6.17. The Balaban J connectivity index is 3.21. The van der Waals surface area contributed by atoms with Crippen LogP contribution in [0.3, 0.4) is 0 Å². The number of anilines is 1. The fourth-order valence-electron chi connectivity index (χ4n) is 1.45. The Morgan fingerprint density at radius 2 is 2.28 bits per heavy atom. The van der Waals surface area contributed by atoms with Crippen LogP contribution in [0.5, 0.6) is 0 Å². The minimum atomic E-state index is -0.303. The molecule has 0 fully saturated rings. The minimum Gasteiger partial charge on any atom is -0.398 e. The van der Waals surface area contributed by atoms with Crippen LogP contribution >= 0.6 is 11.6 Å². The number of nitrogens with zero attached hydrogens (tertiary/aromatic N) is 1. The van der Waals surface area contributed by atoms with E-state index in [2.05, 4.69) is 18.1 Å². The number of carbonyl (C=O) groups excluding carboxylic acids is 1. The van der Waals surface area contributed by atoms with E-state index >= 15 is 0 Å². The zero-order valence-corrected chi connectivity index (χ0v) is 11.0. The lowest BCUT2D eigenvalue weighted by molar-refractivity contribution is 0.103. The van der Waals surface area contributed by atoms with Gasteiger partial charge in [0, 0.05) is 28.2 Å². The predicted octanol–water partition coefficient (Wildman–Crippen LogP) is 3.27. The van der Waals surface area contributed by atoms with Gasteiger partial charge in [-0.15, -0.1) is 0 Å². The van der Waals surface area contributed by atoms with Crippen LogP contribution in [0.2, 0.25) is 0 Å². The Hall–Kier alpha value is -1.87. The second-order valence-corrected chi connectivity index (χ2v) is 4.12. The van der Waals surface area contributed by atoms with Gasteiger partial charge in [0.15, 0.2) is 5.78 Å². The van der Waals surface area contributed by atoms with Gasteiger partial charge in [-0.1, -0.05) is 43.8 Å². The number of rotatable bonds is 5. The van der Waals surface area contributed by atoms with Crippen molar-refractivity contribution >= 4 is 23.1 Å². The molecule has 1 aromatic rings. The zero-order chi connectivity index (χ0) is 13.7. The van der Waals surface area contributed by atoms with Crippen molar-refractivity contribution in [2.75, 3.05) is 5.73 Å². The van der Waals surface area contributed by atoms with Gasteiger partial charge in [0.05, 0.1) is 5.56 Å². The fourth-order valence-corrected chi connectivity index (χ4v) is 1.60. The average molecular weight is 263 g/mol. The molecule has 4 heteroatoms. The number of nitrogen functional groups attached to an aromatic ring is 1. The highest BCUT2D eigenvalue weighted by Gasteiger charge is 2.17. The number of halogens is 1. The van der Waals surface area contributed by atoms with Crippen LogP contribution in [-0.4, -0.2) is 10.8 Å². The molecule has 0 saturated heterocycles. The van der Waals surface area contributed by atoms with E-state index in [0.717, 1.165) is 12.1 Å². The highest BCUT2D eigenvalue weighted by molar-refractivity contribution is 6.36. The van der Waals surface area contributed by atoms with Gasteiger partial charge in [-0.05, 0) is 12.5 Å². The lowest BCUT2D eigenvalue weighted by Crippen LogP contribution is -2.08. The summed E-state index contributed by atoms with van der Waals surface area (Å²) in [5, 5.41) is 0.152. The van der Waals surface area contributed by atoms with Gasteiger partial charge < -0.3 is 5.73 Å². The largest absolute Gasteiger partial charge is 0.398 e. The van der Waals surface area contributed by atoms with E-state index in [0.29, 0.717) is 11.3 Å². The molecule has 1 aromatic heterocycles. The average Bonchev–Trinajstić information content (AvgIpc) is 2.34. The molecule has 0 aliphatic carbocycles. The van der Waals surface area contributed by atoms with Crippen molar-refractivity contribution in [3.63, 3.8) is 0 Å². The Morgan fingerprint density at radius 1 is 1.61 bits per heavy atom. The summed E-state index contributed by atoms with van der Waals surface area (Å²) in [4.78, 5) is 16.4. The summed E-state index contributed by atoms with van der Waals surface area (Å²) in [6, 6.07) is 1.69. The van der Waals surface area contributed by atoms with E-state index in [1.807, 2.05) is 6.92 Å². The zero-order valence-electron chi connectivity index (χ0n) is 10.2. The number of hydrogen-bond donors (Lipinski definition) is 1. The summed E-state index contributed by atoms with van der Waals surface area (Å²) in [5.41, 5.74) is 7.66. The smallest absolute Gasteiger partial charge is 0.198 e. The first kappa shape index (κ1) is 14.2. The Kier molecular flexibility index (Phi) is 4.86. The van der Waals surface area contributed by atoms with Crippen LogP contribution in [0.25, 0.3) is 0 Å². The summed E-state index contributed by atoms with van der Waals surface area (Å²) in [6.45, 7) is 9.05. The molecule has 0 bridgehead atoms. The molecule has 1 rings (SSSR count). The first-order chi connectivity index (χ1) is 8.51. The minimum absolute atomic E-state index is 0.152. The van der Waals surface area contributed by atoms with Gasteiger partial charge in [-0.25, -0.2) is 0 Å². The Bertz CT molecular complexity index is 533. The molecular formula is C14H15ClN2O. The predicted molar refractivity (Wildman–Crippen MR) is 75.6 cm³/mol. The number of carbonyl (C=O) groups is 1. The number of hydrogen-bond acceptors (Lipinski definition) is 3. The standard InChI is InChI=1S/C14H15ClN2O/c1-4-6-11(9(3)15)14(18)12-8-17-10(5-2)7-13(12)16/h4,6-8H,1,3,5H2,2H3,(H2,16,17)/b11-6+. The highest BCUT2D eigenvalue weighted by atomic mass is 35.5. The van der Waals surface area contributed by atoms with Crippen molar-refractivity contribution in [2.24, 2.45) is 0 Å². The summed E-state index contributed by atoms with van der Waals surface area (Å²) in [6.07, 6.45) is 5.21. The molecule has 94 valence electrons. The third-order valence-electron chi connectivity index (χ3n) is 2.42. The molecule has 0 aromatic carbocycles. The lowest BCUT2D eigenvalue weighted by atomic mass is 10.0. The van der Waals surface area contributed by atoms with Gasteiger partial charge in [0.25, 0.3) is 0 Å². The number of allylic oxidation sites excluding steroid dienone is 4. The van der Waals surface area contributed by atoms with E-state index in [9.17, 15) is 4.79 Å². The summed E-state index contributed by atoms with van der Waals surface area (Å²) in [5.74, 6) is -0.303. The maximum atomic E-state index is 12.2. The lowest BCUT2D eigenvalue weighted by Gasteiger charge is -2.08. The monoisotopic (exact) mass is 262 g/mol. The van der Waals surface area contributed by atoms with Gasteiger partial charge in [0.1, 0.15) is 0 Å². The third-order valence-corrected chi connectivity index (χ3v) is 2.62. The van der Waals surface area contributed by atoms with Gasteiger partial charge in [-0.3, -0.25) is 9.78 Å². The quantitative estimate of drug-likeness (QED) is 0.503. The van der Waals surface area contributed by atoms with E-state index < -0.39 is 0 Å². The molecule has 3 nitrogen and oxygen atoms in total. The van der Waals surface area contributed by atoms with Crippen LogP contribution in [-0.2, 0) is 6.42 Å². The SMILES string of the molecule is C=C/C=C(\C(=C)Cl)C(=O)c1cnc(CC)cc1N. The van der Waals surface area contributed by atoms with Crippen molar-refractivity contribution in [3.8, 4) is 0 Å². The molecule has 18 heavy (non-hydrogen) atoms. The van der Waals surface area contributed by atoms with Crippen molar-refractivity contribution < 1.29 is 4.79 Å². The summed E-state index contributed by atoms with van der Waals surface area (Å²) < 4.78 is 0. The van der Waals surface area contributed by atoms with E-state index in [4.69, 9.17) is 17.3 Å². The number of Topliss-reactive ketones (excluding diaryl/α,β-unsaturated/α-hetero) is 1. The molecule has 0 amide bonds. The maximum absolute atomic E-state index is 12.2. The summed E-state index contributed by atoms with van der Waals surface area (Å²) >= 11 is 5.79. The topological polar surface area (TPSA) is 56.0 Å². The molecule has 0 unspecified atom stereocenters.